The minimum Gasteiger partial charge on any atom is -0.352 e. The average molecular weight is 598 g/mol. The van der Waals surface area contributed by atoms with Crippen LogP contribution < -0.4 is 5.32 Å². The number of thiophene rings is 1. The molecule has 2 aromatic heterocycles. The second kappa shape index (κ2) is 10.5. The third kappa shape index (κ3) is 4.21. The first-order valence-electron chi connectivity index (χ1n) is 15.5. The second-order valence-corrected chi connectivity index (χ2v) is 12.9. The molecule has 1 aliphatic rings. The molecule has 0 spiro atoms. The van der Waals surface area contributed by atoms with Crippen LogP contribution in [0.15, 0.2) is 152 Å². The fourth-order valence-corrected chi connectivity index (χ4v) is 8.39. The van der Waals surface area contributed by atoms with E-state index in [0.717, 1.165) is 5.70 Å². The topological polar surface area (TPSA) is 20.2 Å². The van der Waals surface area contributed by atoms with Gasteiger partial charge in [-0.3, -0.25) is 4.90 Å². The summed E-state index contributed by atoms with van der Waals surface area (Å²) in [6.45, 7) is 0. The average Bonchev–Trinajstić information content (AvgIpc) is 3.65. The molecular weight excluding hydrogens is 567 g/mol. The van der Waals surface area contributed by atoms with Gasteiger partial charge < -0.3 is 9.88 Å². The summed E-state index contributed by atoms with van der Waals surface area (Å²) in [5.74, 6) is 0. The van der Waals surface area contributed by atoms with Crippen molar-refractivity contribution in [3.63, 3.8) is 0 Å². The van der Waals surface area contributed by atoms with Gasteiger partial charge in [0, 0.05) is 36.6 Å². The Morgan fingerprint density at radius 3 is 2.02 bits per heavy atom. The van der Waals surface area contributed by atoms with Crippen LogP contribution in [0.5, 0.6) is 0 Å². The summed E-state index contributed by atoms with van der Waals surface area (Å²) in [5, 5.41) is 9.25. The predicted octanol–water partition coefficient (Wildman–Crippen LogP) is 10.6. The number of nitrogens with one attached hydrogen (secondary N) is 1. The van der Waals surface area contributed by atoms with E-state index in [1.807, 2.05) is 11.3 Å². The molecule has 0 amide bonds. The number of nitrogens with zero attached hydrogens (tertiary/aromatic N) is 2. The minimum atomic E-state index is -0.131. The van der Waals surface area contributed by atoms with Crippen LogP contribution in [0, 0.1) is 0 Å². The van der Waals surface area contributed by atoms with Crippen LogP contribution in [-0.4, -0.2) is 16.5 Å². The van der Waals surface area contributed by atoms with E-state index in [4.69, 9.17) is 0 Å². The Morgan fingerprint density at radius 2 is 1.24 bits per heavy atom. The number of fused-ring (bicyclic) bond motifs is 7. The summed E-state index contributed by atoms with van der Waals surface area (Å²) >= 11 is 1.90. The van der Waals surface area contributed by atoms with Crippen molar-refractivity contribution in [3.8, 4) is 11.1 Å². The number of aromatic nitrogens is 1. The molecule has 0 saturated carbocycles. The molecule has 8 aromatic rings. The van der Waals surface area contributed by atoms with Crippen LogP contribution in [0.2, 0.25) is 0 Å². The molecule has 1 N–H and O–H groups in total. The van der Waals surface area contributed by atoms with Gasteiger partial charge in [0.15, 0.2) is 6.29 Å². The van der Waals surface area contributed by atoms with E-state index >= 15 is 0 Å². The summed E-state index contributed by atoms with van der Waals surface area (Å²) in [6, 6.07) is 52.9. The summed E-state index contributed by atoms with van der Waals surface area (Å²) in [5.41, 5.74) is 8.51. The molecule has 0 aliphatic carbocycles. The smallest absolute Gasteiger partial charge is 0.162 e. The van der Waals surface area contributed by atoms with Crippen LogP contribution in [0.4, 0.5) is 0 Å². The molecule has 1 aliphatic heterocycles. The molecular formula is C41H31N3S. The highest BCUT2D eigenvalue weighted by atomic mass is 32.1. The van der Waals surface area contributed by atoms with Gasteiger partial charge in [0.25, 0.3) is 0 Å². The van der Waals surface area contributed by atoms with Crippen molar-refractivity contribution in [2.75, 3.05) is 7.05 Å². The van der Waals surface area contributed by atoms with E-state index in [0.29, 0.717) is 0 Å². The summed E-state index contributed by atoms with van der Waals surface area (Å²) in [7, 11) is 2.24. The molecule has 2 atom stereocenters. The van der Waals surface area contributed by atoms with Crippen molar-refractivity contribution in [1.82, 2.24) is 14.8 Å². The van der Waals surface area contributed by atoms with Gasteiger partial charge in [0.1, 0.15) is 0 Å². The normalized spacial score (nSPS) is 17.2. The molecule has 3 nitrogen and oxygen atoms in total. The van der Waals surface area contributed by atoms with Gasteiger partial charge >= 0.3 is 0 Å². The molecule has 45 heavy (non-hydrogen) atoms. The first kappa shape index (κ1) is 26.3. The molecule has 3 heterocycles. The maximum Gasteiger partial charge on any atom is 0.162 e. The molecule has 216 valence electrons. The predicted molar refractivity (Wildman–Crippen MR) is 191 cm³/mol. The molecule has 9 rings (SSSR count). The van der Waals surface area contributed by atoms with Crippen LogP contribution >= 0.6 is 11.3 Å². The highest BCUT2D eigenvalue weighted by molar-refractivity contribution is 7.26. The van der Waals surface area contributed by atoms with E-state index in [9.17, 15) is 0 Å². The van der Waals surface area contributed by atoms with Gasteiger partial charge in [-0.25, -0.2) is 0 Å². The lowest BCUT2D eigenvalue weighted by Gasteiger charge is -2.41. The fourth-order valence-electron chi connectivity index (χ4n) is 7.13. The first-order chi connectivity index (χ1) is 22.2. The highest BCUT2D eigenvalue weighted by Gasteiger charge is 2.32. The zero-order chi connectivity index (χ0) is 29.9. The first-order valence-corrected chi connectivity index (χ1v) is 16.3. The zero-order valence-electron chi connectivity index (χ0n) is 24.9. The van der Waals surface area contributed by atoms with Crippen LogP contribution in [0.3, 0.4) is 0 Å². The molecule has 0 fully saturated rings. The Kier molecular flexibility index (Phi) is 6.12. The van der Waals surface area contributed by atoms with Crippen molar-refractivity contribution < 1.29 is 0 Å². The Bertz CT molecular complexity index is 2370. The quantitative estimate of drug-likeness (QED) is 0.218. The molecule has 6 aromatic carbocycles. The van der Waals surface area contributed by atoms with Crippen LogP contribution in [0.1, 0.15) is 23.5 Å². The second-order valence-electron chi connectivity index (χ2n) is 11.9. The van der Waals surface area contributed by atoms with Gasteiger partial charge in [-0.2, -0.15) is 0 Å². The number of rotatable bonds is 4. The van der Waals surface area contributed by atoms with E-state index in [-0.39, 0.29) is 12.3 Å². The van der Waals surface area contributed by atoms with E-state index in [2.05, 4.69) is 174 Å². The monoisotopic (exact) mass is 597 g/mol. The van der Waals surface area contributed by atoms with Crippen LogP contribution in [-0.2, 0) is 0 Å². The van der Waals surface area contributed by atoms with Gasteiger partial charge in [-0.1, -0.05) is 127 Å². The fraction of sp³-hybridized carbons (Fsp3) is 0.0732. The maximum atomic E-state index is 3.99. The van der Waals surface area contributed by atoms with Gasteiger partial charge in [-0.05, 0) is 53.6 Å². The summed E-state index contributed by atoms with van der Waals surface area (Å²) < 4.78 is 5.21. The minimum absolute atomic E-state index is 0.0884. The Balaban J connectivity index is 1.34. The number of hydrogen-bond donors (Lipinski definition) is 1. The van der Waals surface area contributed by atoms with E-state index in [1.54, 1.807) is 0 Å². The van der Waals surface area contributed by atoms with Crippen molar-refractivity contribution >= 4 is 59.0 Å². The third-order valence-electron chi connectivity index (χ3n) is 9.32. The molecule has 0 saturated heterocycles. The summed E-state index contributed by atoms with van der Waals surface area (Å²) in [6.07, 6.45) is 2.24. The van der Waals surface area contributed by atoms with Crippen molar-refractivity contribution in [2.24, 2.45) is 0 Å². The van der Waals surface area contributed by atoms with Crippen LogP contribution in [0.25, 0.3) is 58.8 Å². The highest BCUT2D eigenvalue weighted by Crippen LogP contribution is 2.45. The lowest BCUT2D eigenvalue weighted by molar-refractivity contribution is 0.124. The number of benzene rings is 6. The largest absolute Gasteiger partial charge is 0.352 e. The lowest BCUT2D eigenvalue weighted by Crippen LogP contribution is -2.44. The van der Waals surface area contributed by atoms with Crippen molar-refractivity contribution in [1.29, 1.82) is 0 Å². The lowest BCUT2D eigenvalue weighted by atomic mass is 10.00. The third-order valence-corrected chi connectivity index (χ3v) is 10.5. The summed E-state index contributed by atoms with van der Waals surface area (Å²) in [4.78, 5) is 2.46. The maximum absolute atomic E-state index is 3.99. The molecule has 2 unspecified atom stereocenters. The Morgan fingerprint density at radius 1 is 0.578 bits per heavy atom. The standard InChI is InChI=1S/C41H31N3S/c1-43-36(29-17-9-4-10-18-29)26-34(28-15-7-3-8-16-28)42-41(43)44-35-24-23-32-31-19-11-12-20-38(31)45-40(32)39(35)33-22-21-30(25-37(33)44)27-13-5-2-6-14-27/h2-26,36,41-42H,1H3. The number of likely N-dealkylation sites (N-methyl/N-ethyl adjacent to an activating group) is 1. The van der Waals surface area contributed by atoms with Gasteiger partial charge in [-0.15, -0.1) is 11.3 Å². The van der Waals surface area contributed by atoms with Crippen molar-refractivity contribution in [3.05, 3.63) is 163 Å². The zero-order valence-corrected chi connectivity index (χ0v) is 25.7. The van der Waals surface area contributed by atoms with Crippen molar-refractivity contribution in [2.45, 2.75) is 12.3 Å². The molecule has 0 radical (unpaired) electrons. The van der Waals surface area contributed by atoms with E-state index < -0.39 is 0 Å². The van der Waals surface area contributed by atoms with Gasteiger partial charge in [0.05, 0.1) is 17.1 Å². The molecule has 0 bridgehead atoms. The SMILES string of the molecule is CN1C(c2ccccc2)C=C(c2ccccc2)NC1n1c2cc(-c3ccccc3)ccc2c2c3sc4ccccc4c3ccc21. The van der Waals surface area contributed by atoms with E-state index in [1.165, 1.54) is 64.2 Å². The van der Waals surface area contributed by atoms with Gasteiger partial charge in [0.2, 0.25) is 0 Å². The number of hydrogen-bond acceptors (Lipinski definition) is 3. The molecule has 4 heteroatoms. The Hall–Kier alpha value is -5.16. The Labute approximate surface area is 266 Å².